The number of non-ortho nitro benzene ring substituents is 1. The van der Waals surface area contributed by atoms with Gasteiger partial charge in [-0.3, -0.25) is 14.9 Å². The van der Waals surface area contributed by atoms with Crippen molar-refractivity contribution in [3.63, 3.8) is 0 Å². The minimum Gasteiger partial charge on any atom is -0.421 e. The molecule has 4 rings (SSSR count). The maximum absolute atomic E-state index is 12.5. The number of carbonyl (C=O) groups excluding carboxylic acids is 1. The Kier molecular flexibility index (Phi) is 5.52. The second-order valence-electron chi connectivity index (χ2n) is 6.66. The zero-order valence-electron chi connectivity index (χ0n) is 15.6. The third kappa shape index (κ3) is 4.43. The number of benzene rings is 1. The first-order chi connectivity index (χ1) is 14.1. The number of carbonyl (C=O) groups is 1. The number of aryl methyl sites for hydroxylation is 1. The highest BCUT2D eigenvalue weighted by Gasteiger charge is 2.22. The van der Waals surface area contributed by atoms with Crippen molar-refractivity contribution in [2.24, 2.45) is 0 Å². The lowest BCUT2D eigenvalue weighted by atomic mass is 10.2. The number of amides is 1. The Balaban J connectivity index is 1.28. The Labute approximate surface area is 170 Å². The predicted octanol–water partition coefficient (Wildman–Crippen LogP) is 2.99. The van der Waals surface area contributed by atoms with Gasteiger partial charge >= 0.3 is 0 Å². The molecule has 10 heteroatoms. The number of thiophene rings is 1. The lowest BCUT2D eigenvalue weighted by molar-refractivity contribution is -0.384. The topological polar surface area (TPSA) is 106 Å². The van der Waals surface area contributed by atoms with Gasteiger partial charge < -0.3 is 14.2 Å². The summed E-state index contributed by atoms with van der Waals surface area (Å²) in [5.41, 5.74) is 1.76. The van der Waals surface area contributed by atoms with E-state index in [9.17, 15) is 14.9 Å². The number of anilines is 1. The lowest BCUT2D eigenvalue weighted by Crippen LogP contribution is -2.48. The highest BCUT2D eigenvalue weighted by atomic mass is 32.1. The third-order valence-corrected chi connectivity index (χ3v) is 5.51. The summed E-state index contributed by atoms with van der Waals surface area (Å²) in [6, 6.07) is 8.49. The van der Waals surface area contributed by atoms with E-state index in [1.54, 1.807) is 23.5 Å². The molecule has 9 nitrogen and oxygen atoms in total. The summed E-state index contributed by atoms with van der Waals surface area (Å²) in [5.74, 6) is 0.966. The van der Waals surface area contributed by atoms with E-state index in [0.29, 0.717) is 50.8 Å². The molecule has 2 aromatic heterocycles. The Bertz CT molecular complexity index is 996. The minimum atomic E-state index is -0.398. The van der Waals surface area contributed by atoms with Crippen molar-refractivity contribution in [3.05, 3.63) is 57.1 Å². The van der Waals surface area contributed by atoms with E-state index in [-0.39, 0.29) is 11.6 Å². The monoisotopic (exact) mass is 413 g/mol. The summed E-state index contributed by atoms with van der Waals surface area (Å²) in [7, 11) is 0. The lowest BCUT2D eigenvalue weighted by Gasteiger charge is -2.36. The number of hydrogen-bond donors (Lipinski definition) is 0. The Morgan fingerprint density at radius 2 is 2.03 bits per heavy atom. The van der Waals surface area contributed by atoms with Crippen molar-refractivity contribution in [1.29, 1.82) is 0 Å². The van der Waals surface area contributed by atoms with E-state index in [1.165, 1.54) is 6.07 Å². The number of nitro groups is 1. The van der Waals surface area contributed by atoms with E-state index in [0.717, 1.165) is 11.3 Å². The van der Waals surface area contributed by atoms with Crippen molar-refractivity contribution in [2.45, 2.75) is 12.8 Å². The smallest absolute Gasteiger partial charge is 0.271 e. The molecule has 1 saturated heterocycles. The van der Waals surface area contributed by atoms with Gasteiger partial charge in [-0.1, -0.05) is 6.07 Å². The normalized spacial score (nSPS) is 14.2. The number of piperazine rings is 1. The molecule has 0 radical (unpaired) electrons. The molecule has 3 aromatic rings. The molecule has 3 heterocycles. The molecule has 0 aliphatic carbocycles. The second-order valence-corrected chi connectivity index (χ2v) is 7.44. The van der Waals surface area contributed by atoms with Crippen molar-refractivity contribution in [2.75, 3.05) is 31.1 Å². The van der Waals surface area contributed by atoms with Gasteiger partial charge in [0.2, 0.25) is 17.7 Å². The highest BCUT2D eigenvalue weighted by molar-refractivity contribution is 7.08. The van der Waals surface area contributed by atoms with E-state index in [1.807, 2.05) is 27.8 Å². The first-order valence-corrected chi connectivity index (χ1v) is 10.2. The molecule has 1 aliphatic rings. The molecular weight excluding hydrogens is 394 g/mol. The fourth-order valence-electron chi connectivity index (χ4n) is 3.25. The van der Waals surface area contributed by atoms with Gasteiger partial charge in [-0.2, -0.15) is 11.3 Å². The predicted molar refractivity (Wildman–Crippen MR) is 108 cm³/mol. The van der Waals surface area contributed by atoms with Crippen LogP contribution in [0.1, 0.15) is 12.3 Å². The van der Waals surface area contributed by atoms with Crippen molar-refractivity contribution >= 4 is 28.6 Å². The van der Waals surface area contributed by atoms with Gasteiger partial charge in [-0.05, 0) is 17.5 Å². The van der Waals surface area contributed by atoms with Gasteiger partial charge in [0.15, 0.2) is 0 Å². The fourth-order valence-corrected chi connectivity index (χ4v) is 3.88. The molecule has 1 amide bonds. The molecule has 0 spiro atoms. The molecule has 0 N–H and O–H groups in total. The summed E-state index contributed by atoms with van der Waals surface area (Å²) in [5, 5.41) is 22.9. The minimum absolute atomic E-state index is 0.0407. The Hall–Kier alpha value is -3.27. The van der Waals surface area contributed by atoms with Gasteiger partial charge in [0, 0.05) is 67.8 Å². The van der Waals surface area contributed by atoms with E-state index < -0.39 is 4.92 Å². The molecule has 0 unspecified atom stereocenters. The standard InChI is InChI=1S/C19H19N5O4S/c25-18(5-4-17-20-21-19(28-17)14-6-11-29-13-14)23-9-7-22(8-10-23)15-2-1-3-16(12-15)24(26)27/h1-3,6,11-13H,4-5,7-10H2. The zero-order valence-corrected chi connectivity index (χ0v) is 16.4. The highest BCUT2D eigenvalue weighted by Crippen LogP contribution is 2.23. The van der Waals surface area contributed by atoms with Gasteiger partial charge in [-0.25, -0.2) is 0 Å². The van der Waals surface area contributed by atoms with Crippen molar-refractivity contribution in [1.82, 2.24) is 15.1 Å². The van der Waals surface area contributed by atoms with Gasteiger partial charge in [0.1, 0.15) is 0 Å². The molecule has 1 fully saturated rings. The van der Waals surface area contributed by atoms with Crippen molar-refractivity contribution in [3.8, 4) is 11.5 Å². The number of hydrogen-bond acceptors (Lipinski definition) is 8. The van der Waals surface area contributed by atoms with Crippen LogP contribution in [0.5, 0.6) is 0 Å². The molecule has 0 saturated carbocycles. The zero-order chi connectivity index (χ0) is 20.2. The molecule has 150 valence electrons. The van der Waals surface area contributed by atoms with Gasteiger partial charge in [-0.15, -0.1) is 10.2 Å². The van der Waals surface area contributed by atoms with Crippen LogP contribution in [0, 0.1) is 10.1 Å². The Morgan fingerprint density at radius 1 is 1.21 bits per heavy atom. The average Bonchev–Trinajstić information content (AvgIpc) is 3.44. The summed E-state index contributed by atoms with van der Waals surface area (Å²) in [6.45, 7) is 2.42. The van der Waals surface area contributed by atoms with Crippen LogP contribution in [-0.4, -0.2) is 52.1 Å². The molecule has 1 aromatic carbocycles. The first kappa shape index (κ1) is 19.1. The first-order valence-electron chi connectivity index (χ1n) is 9.22. The van der Waals surface area contributed by atoms with Crippen molar-refractivity contribution < 1.29 is 14.1 Å². The molecule has 0 atom stereocenters. The van der Waals surface area contributed by atoms with Crippen LogP contribution in [0.2, 0.25) is 0 Å². The summed E-state index contributed by atoms with van der Waals surface area (Å²) >= 11 is 1.56. The summed E-state index contributed by atoms with van der Waals surface area (Å²) < 4.78 is 5.62. The average molecular weight is 413 g/mol. The molecular formula is C19H19N5O4S. The SMILES string of the molecule is O=C(CCc1nnc(-c2ccsc2)o1)N1CCN(c2cccc([N+](=O)[O-])c2)CC1. The second kappa shape index (κ2) is 8.39. The van der Waals surface area contributed by atoms with Crippen LogP contribution in [0.15, 0.2) is 45.5 Å². The maximum atomic E-state index is 12.5. The van der Waals surface area contributed by atoms with Crippen LogP contribution in [-0.2, 0) is 11.2 Å². The molecule has 0 bridgehead atoms. The van der Waals surface area contributed by atoms with Crippen LogP contribution in [0.25, 0.3) is 11.5 Å². The van der Waals surface area contributed by atoms with Crippen LogP contribution >= 0.6 is 11.3 Å². The van der Waals surface area contributed by atoms with Crippen LogP contribution in [0.3, 0.4) is 0 Å². The summed E-state index contributed by atoms with van der Waals surface area (Å²) in [4.78, 5) is 26.9. The van der Waals surface area contributed by atoms with Gasteiger partial charge in [0.25, 0.3) is 5.69 Å². The van der Waals surface area contributed by atoms with Gasteiger partial charge in [0.05, 0.1) is 4.92 Å². The van der Waals surface area contributed by atoms with E-state index in [2.05, 4.69) is 15.1 Å². The third-order valence-electron chi connectivity index (χ3n) is 4.83. The maximum Gasteiger partial charge on any atom is 0.271 e. The van der Waals surface area contributed by atoms with E-state index >= 15 is 0 Å². The molecule has 1 aliphatic heterocycles. The quantitative estimate of drug-likeness (QED) is 0.452. The largest absolute Gasteiger partial charge is 0.421 e. The molecule has 29 heavy (non-hydrogen) atoms. The Morgan fingerprint density at radius 3 is 2.76 bits per heavy atom. The number of nitrogens with zero attached hydrogens (tertiary/aromatic N) is 5. The van der Waals surface area contributed by atoms with Crippen LogP contribution in [0.4, 0.5) is 11.4 Å². The number of nitro benzene ring substituents is 1. The number of rotatable bonds is 6. The fraction of sp³-hybridized carbons (Fsp3) is 0.316. The summed E-state index contributed by atoms with van der Waals surface area (Å²) in [6.07, 6.45) is 0.711. The number of aromatic nitrogens is 2. The van der Waals surface area contributed by atoms with Crippen LogP contribution < -0.4 is 4.90 Å². The van der Waals surface area contributed by atoms with E-state index in [4.69, 9.17) is 4.42 Å².